The second-order valence-corrected chi connectivity index (χ2v) is 11.4. The van der Waals surface area contributed by atoms with Crippen LogP contribution in [-0.2, 0) is 14.8 Å². The van der Waals surface area contributed by atoms with Crippen molar-refractivity contribution in [2.45, 2.75) is 18.7 Å². The molecule has 0 unspecified atom stereocenters. The van der Waals surface area contributed by atoms with E-state index in [1.807, 2.05) is 32.0 Å². The maximum atomic E-state index is 13.0. The third-order valence-electron chi connectivity index (χ3n) is 6.17. The molecule has 0 saturated carbocycles. The molecule has 0 radical (unpaired) electrons. The molecule has 0 amide bonds. The molecule has 3 aromatic rings. The van der Waals surface area contributed by atoms with E-state index in [4.69, 9.17) is 26.8 Å². The first-order valence-corrected chi connectivity index (χ1v) is 14.2. The molecule has 4 rings (SSSR count). The Morgan fingerprint density at radius 3 is 2.52 bits per heavy atom. The van der Waals surface area contributed by atoms with E-state index in [2.05, 4.69) is 32.4 Å². The van der Waals surface area contributed by atoms with Gasteiger partial charge < -0.3 is 25.8 Å². The molecule has 212 valence electrons. The predicted molar refractivity (Wildman–Crippen MR) is 158 cm³/mol. The standard InChI is InChI=1S/C27H32ClN7O4S/c1-17-13-24(32-27(29)30-16-23(28)19(3)31-26-14-18(2)33-34-26)25(38-4)15-22(17)20-5-7-21(8-6-20)40(36,37)35-9-11-39-12-10-35/h5-8,13-16H,3,9-12H2,1-2,4H3,(H3,29,30,32)(H2,31,33,34)/b23-16+. The number of sulfonamides is 1. The highest BCUT2D eigenvalue weighted by Crippen LogP contribution is 2.34. The summed E-state index contributed by atoms with van der Waals surface area (Å²) < 4.78 is 38.2. The van der Waals surface area contributed by atoms with Crippen molar-refractivity contribution in [2.24, 2.45) is 10.7 Å². The van der Waals surface area contributed by atoms with Gasteiger partial charge in [0, 0.05) is 24.8 Å². The van der Waals surface area contributed by atoms with Crippen LogP contribution in [-0.4, -0.2) is 62.3 Å². The minimum atomic E-state index is -3.57. The fourth-order valence-corrected chi connectivity index (χ4v) is 5.58. The van der Waals surface area contributed by atoms with Crippen molar-refractivity contribution in [1.82, 2.24) is 14.5 Å². The second-order valence-electron chi connectivity index (χ2n) is 9.06. The minimum absolute atomic E-state index is 0.0877. The van der Waals surface area contributed by atoms with Gasteiger partial charge in [0.1, 0.15) is 5.75 Å². The number of aryl methyl sites for hydroxylation is 2. The molecule has 0 aliphatic carbocycles. The van der Waals surface area contributed by atoms with Crippen molar-refractivity contribution in [2.75, 3.05) is 44.0 Å². The number of ether oxygens (including phenoxy) is 2. The number of rotatable bonds is 9. The lowest BCUT2D eigenvalue weighted by Crippen LogP contribution is -2.40. The fourth-order valence-electron chi connectivity index (χ4n) is 4.08. The zero-order valence-electron chi connectivity index (χ0n) is 22.5. The Morgan fingerprint density at radius 1 is 1.20 bits per heavy atom. The van der Waals surface area contributed by atoms with Gasteiger partial charge in [0.05, 0.1) is 47.8 Å². The Morgan fingerprint density at radius 2 is 1.90 bits per heavy atom. The molecule has 5 N–H and O–H groups in total. The third-order valence-corrected chi connectivity index (χ3v) is 8.41. The summed E-state index contributed by atoms with van der Waals surface area (Å²) in [5, 5.41) is 13.2. The number of anilines is 2. The van der Waals surface area contributed by atoms with E-state index in [0.717, 1.165) is 22.4 Å². The van der Waals surface area contributed by atoms with Crippen LogP contribution in [0.4, 0.5) is 11.5 Å². The minimum Gasteiger partial charge on any atom is -0.495 e. The predicted octanol–water partition coefficient (Wildman–Crippen LogP) is 4.16. The number of H-pyrrole nitrogens is 1. The largest absolute Gasteiger partial charge is 0.495 e. The molecule has 1 aliphatic rings. The molecule has 1 saturated heterocycles. The molecule has 2 heterocycles. The van der Waals surface area contributed by atoms with Crippen molar-refractivity contribution < 1.29 is 17.9 Å². The smallest absolute Gasteiger partial charge is 0.243 e. The molecule has 1 aliphatic heterocycles. The summed E-state index contributed by atoms with van der Waals surface area (Å²) in [5.74, 6) is 1.20. The number of nitrogens with one attached hydrogen (secondary N) is 3. The molecular formula is C27H32ClN7O4S. The number of aliphatic imine (C=N–C) groups is 1. The van der Waals surface area contributed by atoms with Gasteiger partial charge in [-0.1, -0.05) is 30.3 Å². The number of guanidine groups is 1. The number of aromatic nitrogens is 2. The van der Waals surface area contributed by atoms with Gasteiger partial charge >= 0.3 is 0 Å². The molecule has 0 atom stereocenters. The number of allylic oxidation sites excluding steroid dienone is 1. The number of hydrogen-bond acceptors (Lipinski definition) is 7. The van der Waals surface area contributed by atoms with E-state index in [1.165, 1.54) is 10.5 Å². The summed E-state index contributed by atoms with van der Waals surface area (Å²) in [7, 11) is -2.02. The van der Waals surface area contributed by atoms with E-state index in [1.54, 1.807) is 31.4 Å². The van der Waals surface area contributed by atoms with Crippen LogP contribution in [0, 0.1) is 13.8 Å². The summed E-state index contributed by atoms with van der Waals surface area (Å²) in [6.45, 7) is 9.19. The first-order chi connectivity index (χ1) is 19.1. The van der Waals surface area contributed by atoms with Crippen LogP contribution in [0.15, 0.2) is 75.9 Å². The van der Waals surface area contributed by atoms with Crippen LogP contribution in [0.3, 0.4) is 0 Å². The Kier molecular flexibility index (Phi) is 9.15. The maximum Gasteiger partial charge on any atom is 0.243 e. The Balaban J connectivity index is 1.49. The highest BCUT2D eigenvalue weighted by atomic mass is 35.5. The lowest BCUT2D eigenvalue weighted by atomic mass is 9.99. The van der Waals surface area contributed by atoms with Crippen molar-refractivity contribution in [1.29, 1.82) is 0 Å². The number of benzene rings is 2. The SMILES string of the molecule is C=C(Nc1cc(C)[nH]n1)/C(Cl)=C\N=C(N)Nc1cc(C)c(-c2ccc(S(=O)(=O)N3CCOCC3)cc2)cc1OC. The topological polar surface area (TPSA) is 147 Å². The van der Waals surface area contributed by atoms with E-state index >= 15 is 0 Å². The van der Waals surface area contributed by atoms with Crippen LogP contribution in [0.2, 0.25) is 0 Å². The molecule has 11 nitrogen and oxygen atoms in total. The van der Waals surface area contributed by atoms with Gasteiger partial charge in [-0.05, 0) is 54.8 Å². The van der Waals surface area contributed by atoms with Gasteiger partial charge in [-0.3, -0.25) is 5.10 Å². The lowest BCUT2D eigenvalue weighted by molar-refractivity contribution is 0.0730. The van der Waals surface area contributed by atoms with E-state index in [0.29, 0.717) is 49.3 Å². The highest BCUT2D eigenvalue weighted by Gasteiger charge is 2.26. The van der Waals surface area contributed by atoms with Crippen LogP contribution >= 0.6 is 11.6 Å². The summed E-state index contributed by atoms with van der Waals surface area (Å²) in [5.41, 5.74) is 10.6. The van der Waals surface area contributed by atoms with Crippen molar-refractivity contribution in [3.05, 3.63) is 77.2 Å². The first kappa shape index (κ1) is 29.2. The molecule has 0 spiro atoms. The molecule has 40 heavy (non-hydrogen) atoms. The van der Waals surface area contributed by atoms with Gasteiger partial charge in [0.25, 0.3) is 0 Å². The third kappa shape index (κ3) is 6.83. The monoisotopic (exact) mass is 585 g/mol. The number of halogens is 1. The summed E-state index contributed by atoms with van der Waals surface area (Å²) in [6.07, 6.45) is 1.37. The molecule has 1 aromatic heterocycles. The number of nitrogens with two attached hydrogens (primary N) is 1. The van der Waals surface area contributed by atoms with Crippen molar-refractivity contribution >= 4 is 39.1 Å². The lowest BCUT2D eigenvalue weighted by Gasteiger charge is -2.26. The molecule has 2 aromatic carbocycles. The van der Waals surface area contributed by atoms with Crippen LogP contribution in [0.1, 0.15) is 11.3 Å². The first-order valence-electron chi connectivity index (χ1n) is 12.4. The summed E-state index contributed by atoms with van der Waals surface area (Å²) in [4.78, 5) is 4.42. The number of hydrogen-bond donors (Lipinski definition) is 4. The van der Waals surface area contributed by atoms with E-state index < -0.39 is 10.0 Å². The molecule has 1 fully saturated rings. The molecule has 0 bridgehead atoms. The molecule has 13 heteroatoms. The Bertz CT molecular complexity index is 1540. The van der Waals surface area contributed by atoms with Gasteiger partial charge in [0.15, 0.2) is 11.8 Å². The van der Waals surface area contributed by atoms with Gasteiger partial charge in [-0.2, -0.15) is 9.40 Å². The maximum absolute atomic E-state index is 13.0. The van der Waals surface area contributed by atoms with Gasteiger partial charge in [-0.25, -0.2) is 13.4 Å². The Hall–Kier alpha value is -3.84. The average molecular weight is 586 g/mol. The van der Waals surface area contributed by atoms with Gasteiger partial charge in [-0.15, -0.1) is 0 Å². The van der Waals surface area contributed by atoms with Crippen molar-refractivity contribution in [3.63, 3.8) is 0 Å². The zero-order valence-corrected chi connectivity index (χ0v) is 24.1. The molecular weight excluding hydrogens is 554 g/mol. The second kappa shape index (κ2) is 12.6. The number of aromatic amines is 1. The van der Waals surface area contributed by atoms with Gasteiger partial charge in [0.2, 0.25) is 10.0 Å². The van der Waals surface area contributed by atoms with E-state index in [-0.39, 0.29) is 15.9 Å². The average Bonchev–Trinajstić information content (AvgIpc) is 3.36. The summed E-state index contributed by atoms with van der Waals surface area (Å²) >= 11 is 6.29. The quantitative estimate of drug-likeness (QED) is 0.166. The van der Waals surface area contributed by atoms with Crippen molar-refractivity contribution in [3.8, 4) is 16.9 Å². The Labute approximate surface area is 238 Å². The van der Waals surface area contributed by atoms with Crippen LogP contribution in [0.25, 0.3) is 11.1 Å². The highest BCUT2D eigenvalue weighted by molar-refractivity contribution is 7.89. The zero-order chi connectivity index (χ0) is 28.9. The normalized spacial score (nSPS) is 15.1. The number of methoxy groups -OCH3 is 1. The van der Waals surface area contributed by atoms with E-state index in [9.17, 15) is 8.42 Å². The summed E-state index contributed by atoms with van der Waals surface area (Å²) in [6, 6.07) is 12.4. The van der Waals surface area contributed by atoms with Crippen LogP contribution in [0.5, 0.6) is 5.75 Å². The fraction of sp³-hybridized carbons (Fsp3) is 0.259. The number of morpholine rings is 1. The number of nitrogens with zero attached hydrogens (tertiary/aromatic N) is 3. The van der Waals surface area contributed by atoms with Crippen LogP contribution < -0.4 is 21.1 Å².